The summed E-state index contributed by atoms with van der Waals surface area (Å²) in [6.07, 6.45) is 7.67. The number of hydrogen-bond acceptors (Lipinski definition) is 5. The molecule has 0 radical (unpaired) electrons. The summed E-state index contributed by atoms with van der Waals surface area (Å²) in [5.74, 6) is 1.41. The Kier molecular flexibility index (Phi) is 3.80. The number of hydrogen-bond donors (Lipinski definition) is 1. The van der Waals surface area contributed by atoms with Gasteiger partial charge in [0.25, 0.3) is 0 Å². The van der Waals surface area contributed by atoms with Crippen LogP contribution >= 0.6 is 11.3 Å². The van der Waals surface area contributed by atoms with E-state index in [-0.39, 0.29) is 5.41 Å². The predicted molar refractivity (Wildman–Crippen MR) is 75.9 cm³/mol. The molecular weight excluding hydrogens is 262 g/mol. The van der Waals surface area contributed by atoms with Crippen molar-refractivity contribution < 1.29 is 9.21 Å². The van der Waals surface area contributed by atoms with Gasteiger partial charge >= 0.3 is 0 Å². The first-order valence-corrected chi connectivity index (χ1v) is 6.61. The maximum Gasteiger partial charge on any atom is 0.218 e. The van der Waals surface area contributed by atoms with Gasteiger partial charge in [0.15, 0.2) is 5.13 Å². The van der Waals surface area contributed by atoms with Crippen LogP contribution in [0.15, 0.2) is 16.8 Å². The monoisotopic (exact) mass is 277 g/mol. The molecule has 2 rings (SSSR count). The van der Waals surface area contributed by atoms with E-state index in [9.17, 15) is 4.79 Å². The number of oxazole rings is 1. The lowest BCUT2D eigenvalue weighted by atomic mass is 9.94. The van der Waals surface area contributed by atoms with Crippen molar-refractivity contribution in [3.05, 3.63) is 28.9 Å². The van der Waals surface area contributed by atoms with Crippen molar-refractivity contribution in [1.82, 2.24) is 9.97 Å². The molecule has 0 aliphatic rings. The number of nitrogens with zero attached hydrogens (tertiary/aromatic N) is 2. The Morgan fingerprint density at radius 2 is 2.05 bits per heavy atom. The maximum absolute atomic E-state index is 10.3. The van der Waals surface area contributed by atoms with Crippen molar-refractivity contribution in [3.8, 4) is 0 Å². The topological polar surface area (TPSA) is 68.0 Å². The average molecular weight is 277 g/mol. The maximum atomic E-state index is 10.3. The average Bonchev–Trinajstić information content (AvgIpc) is 2.94. The molecule has 2 aromatic rings. The minimum Gasteiger partial charge on any atom is -0.441 e. The second kappa shape index (κ2) is 5.36. The van der Waals surface area contributed by atoms with Gasteiger partial charge in [0.05, 0.1) is 6.20 Å². The van der Waals surface area contributed by atoms with Crippen molar-refractivity contribution in [2.45, 2.75) is 26.2 Å². The van der Waals surface area contributed by atoms with E-state index in [1.807, 2.05) is 6.08 Å². The van der Waals surface area contributed by atoms with Crippen LogP contribution in [0.5, 0.6) is 0 Å². The molecule has 1 N–H and O–H groups in total. The van der Waals surface area contributed by atoms with Crippen molar-refractivity contribution >= 4 is 35.0 Å². The Labute approximate surface area is 115 Å². The highest BCUT2D eigenvalue weighted by atomic mass is 32.1. The van der Waals surface area contributed by atoms with Gasteiger partial charge in [-0.3, -0.25) is 4.79 Å². The van der Waals surface area contributed by atoms with Gasteiger partial charge in [-0.25, -0.2) is 9.97 Å². The normalized spacial score (nSPS) is 11.9. The summed E-state index contributed by atoms with van der Waals surface area (Å²) in [6.45, 7) is 6.21. The van der Waals surface area contributed by atoms with Crippen molar-refractivity contribution in [2.75, 3.05) is 5.32 Å². The Morgan fingerprint density at radius 1 is 1.26 bits per heavy atom. The largest absolute Gasteiger partial charge is 0.441 e. The number of anilines is 1. The fourth-order valence-corrected chi connectivity index (χ4v) is 2.02. The van der Waals surface area contributed by atoms with Crippen LogP contribution in [-0.4, -0.2) is 16.4 Å². The molecule has 100 valence electrons. The Morgan fingerprint density at radius 3 is 2.68 bits per heavy atom. The summed E-state index contributed by atoms with van der Waals surface area (Å²) in [6, 6.07) is 0. The highest BCUT2D eigenvalue weighted by Crippen LogP contribution is 2.24. The van der Waals surface area contributed by atoms with Gasteiger partial charge in [0.1, 0.15) is 5.76 Å². The van der Waals surface area contributed by atoms with E-state index in [1.165, 1.54) is 11.3 Å². The van der Waals surface area contributed by atoms with Crippen molar-refractivity contribution in [2.24, 2.45) is 0 Å². The minimum absolute atomic E-state index is 0.0510. The number of aromatic nitrogens is 2. The lowest BCUT2D eigenvalue weighted by molar-refractivity contribution is -0.105. The van der Waals surface area contributed by atoms with E-state index < -0.39 is 0 Å². The van der Waals surface area contributed by atoms with Gasteiger partial charge in [-0.15, -0.1) is 0 Å². The molecule has 0 atom stereocenters. The van der Waals surface area contributed by atoms with Crippen LogP contribution in [0.3, 0.4) is 0 Å². The third-order valence-corrected chi connectivity index (χ3v) is 3.25. The number of amides is 1. The van der Waals surface area contributed by atoms with E-state index in [0.717, 1.165) is 10.6 Å². The molecule has 0 aliphatic heterocycles. The van der Waals surface area contributed by atoms with Crippen LogP contribution in [0.2, 0.25) is 0 Å². The lowest BCUT2D eigenvalue weighted by Gasteiger charge is -2.12. The summed E-state index contributed by atoms with van der Waals surface area (Å²) < 4.78 is 5.64. The van der Waals surface area contributed by atoms with Gasteiger partial charge in [-0.05, 0) is 6.08 Å². The lowest BCUT2D eigenvalue weighted by Crippen LogP contribution is -2.09. The highest BCUT2D eigenvalue weighted by molar-refractivity contribution is 7.16. The Hall–Kier alpha value is -1.95. The second-order valence-corrected chi connectivity index (χ2v) is 6.04. The molecule has 5 nitrogen and oxygen atoms in total. The van der Waals surface area contributed by atoms with Gasteiger partial charge < -0.3 is 9.73 Å². The van der Waals surface area contributed by atoms with E-state index in [4.69, 9.17) is 4.42 Å². The molecule has 0 aromatic carbocycles. The molecule has 2 aromatic heterocycles. The summed E-state index contributed by atoms with van der Waals surface area (Å²) >= 11 is 1.38. The molecule has 0 saturated carbocycles. The van der Waals surface area contributed by atoms with E-state index >= 15 is 0 Å². The Bertz CT molecular complexity index is 593. The number of carbonyl (C=O) groups is 1. The van der Waals surface area contributed by atoms with Crippen LogP contribution in [0.4, 0.5) is 5.13 Å². The predicted octanol–water partition coefficient (Wildman–Crippen LogP) is 3.17. The number of rotatable bonds is 4. The zero-order chi connectivity index (χ0) is 13.9. The zero-order valence-electron chi connectivity index (χ0n) is 11.0. The number of nitrogens with one attached hydrogen (secondary N) is 1. The van der Waals surface area contributed by atoms with Crippen LogP contribution in [0.25, 0.3) is 12.2 Å². The fourth-order valence-electron chi connectivity index (χ4n) is 1.35. The molecule has 0 spiro atoms. The summed E-state index contributed by atoms with van der Waals surface area (Å²) in [5.41, 5.74) is -0.0510. The standard InChI is InChI=1S/C13H15N3O2S/c1-13(2,3)10-7-14-11(18-10)5-4-9-6-15-12(19-9)16-8-17/h4-8H,1-3H3,(H,15,16,17)/b5-4+. The molecule has 0 fully saturated rings. The van der Waals surface area contributed by atoms with Gasteiger partial charge in [0.2, 0.25) is 12.3 Å². The van der Waals surface area contributed by atoms with Crippen LogP contribution < -0.4 is 5.32 Å². The molecule has 6 heteroatoms. The van der Waals surface area contributed by atoms with E-state index in [0.29, 0.717) is 17.4 Å². The van der Waals surface area contributed by atoms with Crippen LogP contribution in [0.1, 0.15) is 37.3 Å². The second-order valence-electron chi connectivity index (χ2n) is 4.98. The molecule has 0 aliphatic carbocycles. The number of carbonyl (C=O) groups excluding carboxylic acids is 1. The van der Waals surface area contributed by atoms with Crippen LogP contribution in [-0.2, 0) is 10.2 Å². The molecule has 19 heavy (non-hydrogen) atoms. The number of thiazole rings is 1. The summed E-state index contributed by atoms with van der Waals surface area (Å²) in [7, 11) is 0. The van der Waals surface area contributed by atoms with Crippen molar-refractivity contribution in [1.29, 1.82) is 0 Å². The minimum atomic E-state index is -0.0510. The third kappa shape index (κ3) is 3.51. The molecule has 2 heterocycles. The SMILES string of the molecule is CC(C)(C)c1cnc(/C=C/c2cnc(NC=O)s2)o1. The quantitative estimate of drug-likeness (QED) is 0.872. The van der Waals surface area contributed by atoms with Crippen molar-refractivity contribution in [3.63, 3.8) is 0 Å². The van der Waals surface area contributed by atoms with Gasteiger partial charge in [-0.2, -0.15) is 0 Å². The molecule has 0 bridgehead atoms. The first-order chi connectivity index (χ1) is 8.99. The van der Waals surface area contributed by atoms with E-state index in [2.05, 4.69) is 36.1 Å². The van der Waals surface area contributed by atoms with Gasteiger partial charge in [0, 0.05) is 22.6 Å². The first kappa shape index (κ1) is 13.5. The smallest absolute Gasteiger partial charge is 0.218 e. The first-order valence-electron chi connectivity index (χ1n) is 5.79. The zero-order valence-corrected chi connectivity index (χ0v) is 11.8. The third-order valence-electron chi connectivity index (χ3n) is 2.36. The van der Waals surface area contributed by atoms with E-state index in [1.54, 1.807) is 18.5 Å². The van der Waals surface area contributed by atoms with Gasteiger partial charge in [-0.1, -0.05) is 32.1 Å². The Balaban J connectivity index is 2.09. The van der Waals surface area contributed by atoms with Crippen LogP contribution in [0, 0.1) is 0 Å². The highest BCUT2D eigenvalue weighted by Gasteiger charge is 2.18. The summed E-state index contributed by atoms with van der Waals surface area (Å²) in [4.78, 5) is 19.4. The molecule has 0 unspecified atom stereocenters. The summed E-state index contributed by atoms with van der Waals surface area (Å²) in [5, 5.41) is 3.07. The molecule has 0 saturated heterocycles. The fraction of sp³-hybridized carbons (Fsp3) is 0.308. The molecule has 1 amide bonds. The molecular formula is C13H15N3O2S.